The first-order chi connectivity index (χ1) is 7.16. The molecule has 0 aromatic carbocycles. The van der Waals surface area contributed by atoms with Crippen molar-refractivity contribution in [3.05, 3.63) is 23.4 Å². The van der Waals surface area contributed by atoms with Crippen LogP contribution in [-0.4, -0.2) is 30.2 Å². The maximum Gasteiger partial charge on any atom is 0.147 e. The number of hydrogen-bond donors (Lipinski definition) is 1. The van der Waals surface area contributed by atoms with Crippen molar-refractivity contribution >= 4 is 17.4 Å². The molecule has 2 rings (SSSR count). The molecule has 1 aromatic heterocycles. The largest absolute Gasteiger partial charge is 0.352 e. The number of nitrogens with zero attached hydrogens (tertiary/aromatic N) is 2. The summed E-state index contributed by atoms with van der Waals surface area (Å²) in [6.45, 7) is 6.32. The van der Waals surface area contributed by atoms with Crippen LogP contribution >= 0.6 is 11.6 Å². The molecule has 0 radical (unpaired) electrons. The van der Waals surface area contributed by atoms with Crippen LogP contribution in [0.4, 0.5) is 5.82 Å². The van der Waals surface area contributed by atoms with Gasteiger partial charge in [-0.25, -0.2) is 4.98 Å². The van der Waals surface area contributed by atoms with Gasteiger partial charge in [0, 0.05) is 31.4 Å². The Labute approximate surface area is 95.4 Å². The van der Waals surface area contributed by atoms with Crippen LogP contribution in [-0.2, 0) is 0 Å². The third kappa shape index (κ3) is 2.41. The third-order valence-electron chi connectivity index (χ3n) is 2.49. The molecule has 1 aromatic rings. The van der Waals surface area contributed by atoms with Gasteiger partial charge in [-0.05, 0) is 12.1 Å². The second-order valence-electron chi connectivity index (χ2n) is 4.23. The van der Waals surface area contributed by atoms with E-state index in [0.29, 0.717) is 12.1 Å². The fraction of sp³-hybridized carbons (Fsp3) is 0.545. The molecule has 4 heteroatoms. The number of rotatable bonds is 3. The number of hydrogen-bond acceptors (Lipinski definition) is 3. The number of aromatic nitrogens is 1. The van der Waals surface area contributed by atoms with E-state index in [1.165, 1.54) is 0 Å². The van der Waals surface area contributed by atoms with Crippen LogP contribution in [0.2, 0.25) is 5.02 Å². The summed E-state index contributed by atoms with van der Waals surface area (Å²) < 4.78 is 0. The number of anilines is 1. The molecule has 1 aliphatic rings. The molecule has 0 unspecified atom stereocenters. The van der Waals surface area contributed by atoms with Crippen LogP contribution in [0, 0.1) is 0 Å². The highest BCUT2D eigenvalue weighted by Gasteiger charge is 2.28. The Kier molecular flexibility index (Phi) is 3.12. The molecule has 82 valence electrons. The highest BCUT2D eigenvalue weighted by molar-refractivity contribution is 6.32. The van der Waals surface area contributed by atoms with Gasteiger partial charge in [-0.1, -0.05) is 25.4 Å². The highest BCUT2D eigenvalue weighted by Crippen LogP contribution is 2.26. The predicted octanol–water partition coefficient (Wildman–Crippen LogP) is 1.92. The van der Waals surface area contributed by atoms with Gasteiger partial charge in [0.2, 0.25) is 0 Å². The number of nitrogens with one attached hydrogen (secondary N) is 1. The van der Waals surface area contributed by atoms with Crippen LogP contribution in [0.25, 0.3) is 0 Å². The Hall–Kier alpha value is -0.800. The van der Waals surface area contributed by atoms with E-state index in [-0.39, 0.29) is 0 Å². The second kappa shape index (κ2) is 4.37. The van der Waals surface area contributed by atoms with E-state index in [1.54, 1.807) is 6.20 Å². The molecule has 0 amide bonds. The topological polar surface area (TPSA) is 28.2 Å². The van der Waals surface area contributed by atoms with Crippen molar-refractivity contribution in [3.63, 3.8) is 0 Å². The Morgan fingerprint density at radius 3 is 2.87 bits per heavy atom. The van der Waals surface area contributed by atoms with E-state index >= 15 is 0 Å². The SMILES string of the molecule is CC(C)NC1CN(c2ncccc2Cl)C1. The molecule has 0 saturated carbocycles. The summed E-state index contributed by atoms with van der Waals surface area (Å²) in [5, 5.41) is 4.22. The molecule has 0 aliphatic carbocycles. The Balaban J connectivity index is 1.92. The molecule has 1 saturated heterocycles. The molecule has 3 nitrogen and oxygen atoms in total. The summed E-state index contributed by atoms with van der Waals surface area (Å²) >= 11 is 6.06. The molecule has 2 heterocycles. The summed E-state index contributed by atoms with van der Waals surface area (Å²) in [7, 11) is 0. The Bertz CT molecular complexity index is 334. The van der Waals surface area contributed by atoms with Crippen LogP contribution in [0.5, 0.6) is 0 Å². The molecular weight excluding hydrogens is 210 g/mol. The number of pyridine rings is 1. The average molecular weight is 226 g/mol. The lowest BCUT2D eigenvalue weighted by atomic mass is 10.1. The zero-order valence-corrected chi connectivity index (χ0v) is 9.83. The zero-order valence-electron chi connectivity index (χ0n) is 9.07. The molecule has 1 fully saturated rings. The van der Waals surface area contributed by atoms with Gasteiger partial charge in [0.1, 0.15) is 5.82 Å². The average Bonchev–Trinajstić information content (AvgIpc) is 2.12. The first-order valence-electron chi connectivity index (χ1n) is 5.28. The van der Waals surface area contributed by atoms with Gasteiger partial charge in [-0.3, -0.25) is 0 Å². The summed E-state index contributed by atoms with van der Waals surface area (Å²) in [6.07, 6.45) is 1.78. The van der Waals surface area contributed by atoms with Crippen molar-refractivity contribution in [3.8, 4) is 0 Å². The summed E-state index contributed by atoms with van der Waals surface area (Å²) in [6, 6.07) is 4.85. The van der Waals surface area contributed by atoms with Crippen molar-refractivity contribution in [2.75, 3.05) is 18.0 Å². The minimum absolute atomic E-state index is 0.538. The molecule has 1 aliphatic heterocycles. The maximum atomic E-state index is 6.06. The van der Waals surface area contributed by atoms with Crippen LogP contribution < -0.4 is 10.2 Å². The molecule has 0 spiro atoms. The Morgan fingerprint density at radius 1 is 1.53 bits per heavy atom. The van der Waals surface area contributed by atoms with E-state index < -0.39 is 0 Å². The lowest BCUT2D eigenvalue weighted by Gasteiger charge is -2.41. The standard InChI is InChI=1S/C11H16ClN3/c1-8(2)14-9-6-15(7-9)11-10(12)4-3-5-13-11/h3-5,8-9,14H,6-7H2,1-2H3. The van der Waals surface area contributed by atoms with Crippen molar-refractivity contribution in [2.24, 2.45) is 0 Å². The van der Waals surface area contributed by atoms with Crippen LogP contribution in [0.1, 0.15) is 13.8 Å². The van der Waals surface area contributed by atoms with Crippen molar-refractivity contribution in [1.29, 1.82) is 0 Å². The lowest BCUT2D eigenvalue weighted by molar-refractivity contribution is 0.387. The summed E-state index contributed by atoms with van der Waals surface area (Å²) in [5.74, 6) is 0.904. The van der Waals surface area contributed by atoms with Gasteiger partial charge >= 0.3 is 0 Å². The van der Waals surface area contributed by atoms with Gasteiger partial charge in [0.05, 0.1) is 5.02 Å². The van der Waals surface area contributed by atoms with Crippen molar-refractivity contribution < 1.29 is 0 Å². The third-order valence-corrected chi connectivity index (χ3v) is 2.78. The second-order valence-corrected chi connectivity index (χ2v) is 4.64. The van der Waals surface area contributed by atoms with Gasteiger partial charge in [-0.15, -0.1) is 0 Å². The smallest absolute Gasteiger partial charge is 0.147 e. The molecule has 0 bridgehead atoms. The quantitative estimate of drug-likeness (QED) is 0.852. The van der Waals surface area contributed by atoms with E-state index in [1.807, 2.05) is 12.1 Å². The van der Waals surface area contributed by atoms with Crippen molar-refractivity contribution in [2.45, 2.75) is 25.9 Å². The predicted molar refractivity (Wildman–Crippen MR) is 63.5 cm³/mol. The normalized spacial score (nSPS) is 16.9. The van der Waals surface area contributed by atoms with Gasteiger partial charge in [0.25, 0.3) is 0 Å². The van der Waals surface area contributed by atoms with E-state index in [4.69, 9.17) is 11.6 Å². The first kappa shape index (κ1) is 10.7. The van der Waals surface area contributed by atoms with Gasteiger partial charge in [0.15, 0.2) is 0 Å². The maximum absolute atomic E-state index is 6.06. The minimum atomic E-state index is 0.538. The fourth-order valence-electron chi connectivity index (χ4n) is 1.84. The monoisotopic (exact) mass is 225 g/mol. The molecule has 1 N–H and O–H groups in total. The van der Waals surface area contributed by atoms with Crippen molar-refractivity contribution in [1.82, 2.24) is 10.3 Å². The van der Waals surface area contributed by atoms with E-state index in [0.717, 1.165) is 23.9 Å². The molecule has 0 atom stereocenters. The number of halogens is 1. The first-order valence-corrected chi connectivity index (χ1v) is 5.66. The Morgan fingerprint density at radius 2 is 2.27 bits per heavy atom. The van der Waals surface area contributed by atoms with E-state index in [9.17, 15) is 0 Å². The lowest BCUT2D eigenvalue weighted by Crippen LogP contribution is -2.59. The van der Waals surface area contributed by atoms with Crippen LogP contribution in [0.15, 0.2) is 18.3 Å². The van der Waals surface area contributed by atoms with Gasteiger partial charge in [-0.2, -0.15) is 0 Å². The molecule has 15 heavy (non-hydrogen) atoms. The van der Waals surface area contributed by atoms with Crippen LogP contribution in [0.3, 0.4) is 0 Å². The molecular formula is C11H16ClN3. The minimum Gasteiger partial charge on any atom is -0.352 e. The summed E-state index contributed by atoms with van der Waals surface area (Å²) in [4.78, 5) is 6.48. The highest BCUT2D eigenvalue weighted by atomic mass is 35.5. The zero-order chi connectivity index (χ0) is 10.8. The summed E-state index contributed by atoms with van der Waals surface area (Å²) in [5.41, 5.74) is 0. The fourth-order valence-corrected chi connectivity index (χ4v) is 2.08. The van der Waals surface area contributed by atoms with E-state index in [2.05, 4.69) is 29.0 Å². The van der Waals surface area contributed by atoms with Gasteiger partial charge < -0.3 is 10.2 Å².